The van der Waals surface area contributed by atoms with Gasteiger partial charge in [0, 0.05) is 4.90 Å². The molecule has 0 spiro atoms. The lowest BCUT2D eigenvalue weighted by Crippen LogP contribution is -2.22. The van der Waals surface area contributed by atoms with Crippen LogP contribution in [0, 0.1) is 6.92 Å². The zero-order valence-electron chi connectivity index (χ0n) is 6.70. The van der Waals surface area contributed by atoms with Crippen molar-refractivity contribution < 1.29 is 4.79 Å². The number of carbonyl (C=O) groups is 1. The summed E-state index contributed by atoms with van der Waals surface area (Å²) in [6, 6.07) is 7.24. The summed E-state index contributed by atoms with van der Waals surface area (Å²) in [5.74, 6) is 0. The van der Waals surface area contributed by atoms with Gasteiger partial charge in [0.05, 0.1) is 0 Å². The van der Waals surface area contributed by atoms with Crippen LogP contribution in [0.4, 0.5) is 4.79 Å². The van der Waals surface area contributed by atoms with E-state index in [1.807, 2.05) is 31.2 Å². The number of carbonyl (C=O) groups excluding carboxylic acids is 1. The van der Waals surface area contributed by atoms with Gasteiger partial charge in [-0.05, 0) is 30.5 Å². The summed E-state index contributed by atoms with van der Waals surface area (Å²) in [5.41, 5.74) is 6.04. The molecule has 0 unspecified atom stereocenters. The van der Waals surface area contributed by atoms with E-state index in [4.69, 9.17) is 5.73 Å². The van der Waals surface area contributed by atoms with Gasteiger partial charge in [0.2, 0.25) is 0 Å². The van der Waals surface area contributed by atoms with Crippen molar-refractivity contribution in [1.29, 1.82) is 0 Å². The maximum atomic E-state index is 10.4. The number of rotatable bonds is 2. The van der Waals surface area contributed by atoms with Crippen LogP contribution in [0.1, 0.15) is 5.56 Å². The summed E-state index contributed by atoms with van der Waals surface area (Å²) in [6.45, 7) is 1.98. The van der Waals surface area contributed by atoms with E-state index in [1.54, 1.807) is 0 Å². The van der Waals surface area contributed by atoms with Crippen LogP contribution < -0.4 is 10.5 Å². The van der Waals surface area contributed by atoms with Crippen molar-refractivity contribution in [3.05, 3.63) is 29.8 Å². The third-order valence-corrected chi connectivity index (χ3v) is 2.34. The number of nitrogens with one attached hydrogen (secondary N) is 1. The van der Waals surface area contributed by atoms with Gasteiger partial charge >= 0.3 is 6.03 Å². The Morgan fingerprint density at radius 2 is 2.17 bits per heavy atom. The maximum absolute atomic E-state index is 10.4. The van der Waals surface area contributed by atoms with E-state index in [1.165, 1.54) is 11.9 Å². The standard InChI is InChI=1S/C8H10N2OS/c1-6-4-2-3-5-7(6)12-10-8(9)11/h2-5H,1H3,(H3,9,10,11). The summed E-state index contributed by atoms with van der Waals surface area (Å²) < 4.78 is 2.46. The number of nitrogens with two attached hydrogens (primary N) is 1. The predicted molar refractivity (Wildman–Crippen MR) is 49.8 cm³/mol. The van der Waals surface area contributed by atoms with Gasteiger partial charge in [0.15, 0.2) is 0 Å². The van der Waals surface area contributed by atoms with E-state index < -0.39 is 6.03 Å². The molecule has 2 amide bonds. The molecule has 3 N–H and O–H groups in total. The monoisotopic (exact) mass is 182 g/mol. The number of urea groups is 1. The lowest BCUT2D eigenvalue weighted by molar-refractivity contribution is 0.254. The fourth-order valence-electron chi connectivity index (χ4n) is 0.776. The number of amides is 2. The summed E-state index contributed by atoms with van der Waals surface area (Å²) in [4.78, 5) is 11.4. The van der Waals surface area contributed by atoms with Crippen LogP contribution in [0.2, 0.25) is 0 Å². The molecule has 0 aliphatic rings. The minimum atomic E-state index is -0.525. The van der Waals surface area contributed by atoms with E-state index in [-0.39, 0.29) is 0 Å². The first-order valence-corrected chi connectivity index (χ1v) is 4.29. The SMILES string of the molecule is Cc1ccccc1SNC(N)=O. The summed E-state index contributed by atoms with van der Waals surface area (Å²) in [7, 11) is 0. The molecule has 1 aromatic carbocycles. The molecule has 0 atom stereocenters. The van der Waals surface area contributed by atoms with Crippen molar-refractivity contribution in [3.63, 3.8) is 0 Å². The average molecular weight is 182 g/mol. The van der Waals surface area contributed by atoms with Gasteiger partial charge in [-0.3, -0.25) is 4.72 Å². The highest BCUT2D eigenvalue weighted by Crippen LogP contribution is 2.17. The van der Waals surface area contributed by atoms with Crippen LogP contribution in [-0.4, -0.2) is 6.03 Å². The third-order valence-electron chi connectivity index (χ3n) is 1.36. The summed E-state index contributed by atoms with van der Waals surface area (Å²) in [6.07, 6.45) is 0. The Bertz CT molecular complexity index is 288. The Morgan fingerprint density at radius 1 is 1.50 bits per heavy atom. The fourth-order valence-corrected chi connectivity index (χ4v) is 1.36. The number of hydrogen-bond donors (Lipinski definition) is 2. The van der Waals surface area contributed by atoms with E-state index in [0.29, 0.717) is 0 Å². The Labute approximate surface area is 75.5 Å². The Hall–Kier alpha value is -1.16. The largest absolute Gasteiger partial charge is 0.351 e. The summed E-state index contributed by atoms with van der Waals surface area (Å²) in [5, 5.41) is 0. The molecule has 0 saturated heterocycles. The number of hydrogen-bond acceptors (Lipinski definition) is 2. The third kappa shape index (κ3) is 2.47. The fraction of sp³-hybridized carbons (Fsp3) is 0.125. The van der Waals surface area contributed by atoms with Gasteiger partial charge in [-0.1, -0.05) is 18.2 Å². The number of aryl methyl sites for hydroxylation is 1. The molecule has 3 nitrogen and oxygen atoms in total. The van der Waals surface area contributed by atoms with Crippen LogP contribution in [0.3, 0.4) is 0 Å². The molecule has 4 heteroatoms. The number of primary amides is 1. The van der Waals surface area contributed by atoms with E-state index in [2.05, 4.69) is 4.72 Å². The Balaban J connectivity index is 2.63. The molecule has 0 aliphatic heterocycles. The molecule has 0 aliphatic carbocycles. The highest BCUT2D eigenvalue weighted by Gasteiger charge is 1.98. The van der Waals surface area contributed by atoms with E-state index in [0.717, 1.165) is 10.5 Å². The lowest BCUT2D eigenvalue weighted by Gasteiger charge is -2.03. The van der Waals surface area contributed by atoms with Crippen molar-refractivity contribution in [2.24, 2.45) is 5.73 Å². The van der Waals surface area contributed by atoms with E-state index in [9.17, 15) is 4.79 Å². The molecule has 0 fully saturated rings. The molecule has 1 rings (SSSR count). The minimum absolute atomic E-state index is 0.525. The normalized spacial score (nSPS) is 9.42. The Kier molecular flexibility index (Phi) is 2.99. The smallest absolute Gasteiger partial charge is 0.322 e. The quantitative estimate of drug-likeness (QED) is 0.683. The molecule has 0 saturated carbocycles. The predicted octanol–water partition coefficient (Wildman–Crippen LogP) is 1.67. The highest BCUT2D eigenvalue weighted by molar-refractivity contribution is 7.98. The maximum Gasteiger partial charge on any atom is 0.322 e. The molecular weight excluding hydrogens is 172 g/mol. The van der Waals surface area contributed by atoms with Gasteiger partial charge in [-0.15, -0.1) is 0 Å². The van der Waals surface area contributed by atoms with Gasteiger partial charge in [0.1, 0.15) is 0 Å². The number of benzene rings is 1. The second-order valence-corrected chi connectivity index (χ2v) is 3.18. The van der Waals surface area contributed by atoms with Crippen LogP contribution in [0.25, 0.3) is 0 Å². The van der Waals surface area contributed by atoms with Crippen LogP contribution >= 0.6 is 11.9 Å². The molecule has 1 aromatic rings. The molecule has 0 bridgehead atoms. The second-order valence-electron chi connectivity index (χ2n) is 2.33. The summed E-state index contributed by atoms with van der Waals surface area (Å²) >= 11 is 1.23. The van der Waals surface area contributed by atoms with Crippen molar-refractivity contribution in [2.75, 3.05) is 0 Å². The van der Waals surface area contributed by atoms with E-state index >= 15 is 0 Å². The molecule has 0 aromatic heterocycles. The molecular formula is C8H10N2OS. The first kappa shape index (κ1) is 8.93. The van der Waals surface area contributed by atoms with Gasteiger partial charge in [0.25, 0.3) is 0 Å². The van der Waals surface area contributed by atoms with Crippen molar-refractivity contribution in [1.82, 2.24) is 4.72 Å². The van der Waals surface area contributed by atoms with Crippen molar-refractivity contribution in [3.8, 4) is 0 Å². The zero-order chi connectivity index (χ0) is 8.97. The van der Waals surface area contributed by atoms with Crippen LogP contribution in [-0.2, 0) is 0 Å². The minimum Gasteiger partial charge on any atom is -0.351 e. The molecule has 0 heterocycles. The van der Waals surface area contributed by atoms with Gasteiger partial charge in [-0.25, -0.2) is 4.79 Å². The van der Waals surface area contributed by atoms with Crippen LogP contribution in [0.15, 0.2) is 29.2 Å². The lowest BCUT2D eigenvalue weighted by atomic mass is 10.2. The van der Waals surface area contributed by atoms with Gasteiger partial charge < -0.3 is 5.73 Å². The highest BCUT2D eigenvalue weighted by atomic mass is 32.2. The second kappa shape index (κ2) is 4.01. The Morgan fingerprint density at radius 3 is 2.75 bits per heavy atom. The van der Waals surface area contributed by atoms with Crippen LogP contribution in [0.5, 0.6) is 0 Å². The molecule has 64 valence electrons. The topological polar surface area (TPSA) is 55.1 Å². The first-order chi connectivity index (χ1) is 5.70. The van der Waals surface area contributed by atoms with Crippen molar-refractivity contribution in [2.45, 2.75) is 11.8 Å². The van der Waals surface area contributed by atoms with Crippen molar-refractivity contribution >= 4 is 18.0 Å². The molecule has 12 heavy (non-hydrogen) atoms. The first-order valence-electron chi connectivity index (χ1n) is 3.48. The average Bonchev–Trinajstić information content (AvgIpc) is 2.03. The van der Waals surface area contributed by atoms with Gasteiger partial charge in [-0.2, -0.15) is 0 Å². The molecule has 0 radical (unpaired) electrons. The zero-order valence-corrected chi connectivity index (χ0v) is 7.52.